The van der Waals surface area contributed by atoms with E-state index in [-0.39, 0.29) is 37.8 Å². The van der Waals surface area contributed by atoms with E-state index in [1.54, 1.807) is 0 Å². The van der Waals surface area contributed by atoms with Crippen molar-refractivity contribution in [1.29, 1.82) is 0 Å². The van der Waals surface area contributed by atoms with Crippen LogP contribution >= 0.6 is 0 Å². The Kier molecular flexibility index (Phi) is 3.42. The SMILES string of the molecule is OCC1OC1NC1CCCC(C(F)(F)F)C1. The van der Waals surface area contributed by atoms with E-state index in [9.17, 15) is 13.2 Å². The number of rotatable bonds is 3. The molecular weight excluding hydrogens is 223 g/mol. The first kappa shape index (κ1) is 12.1. The molecule has 0 aromatic rings. The van der Waals surface area contributed by atoms with Crippen molar-refractivity contribution in [3.05, 3.63) is 0 Å². The van der Waals surface area contributed by atoms with Gasteiger partial charge in [0, 0.05) is 6.04 Å². The van der Waals surface area contributed by atoms with Crippen molar-refractivity contribution in [2.24, 2.45) is 5.92 Å². The van der Waals surface area contributed by atoms with E-state index in [1.165, 1.54) is 0 Å². The highest BCUT2D eigenvalue weighted by Gasteiger charge is 2.45. The molecule has 2 fully saturated rings. The van der Waals surface area contributed by atoms with E-state index in [2.05, 4.69) is 5.32 Å². The topological polar surface area (TPSA) is 44.8 Å². The fraction of sp³-hybridized carbons (Fsp3) is 1.00. The van der Waals surface area contributed by atoms with E-state index < -0.39 is 12.1 Å². The van der Waals surface area contributed by atoms with Gasteiger partial charge in [-0.25, -0.2) is 0 Å². The number of aliphatic hydroxyl groups excluding tert-OH is 1. The van der Waals surface area contributed by atoms with Gasteiger partial charge in [-0.05, 0) is 19.3 Å². The Bertz CT molecular complexity index is 247. The van der Waals surface area contributed by atoms with Gasteiger partial charge in [0.2, 0.25) is 0 Å². The number of halogens is 3. The molecule has 16 heavy (non-hydrogen) atoms. The van der Waals surface area contributed by atoms with Crippen molar-refractivity contribution in [3.63, 3.8) is 0 Å². The molecule has 1 saturated heterocycles. The summed E-state index contributed by atoms with van der Waals surface area (Å²) >= 11 is 0. The third-order valence-electron chi connectivity index (χ3n) is 3.30. The van der Waals surface area contributed by atoms with Gasteiger partial charge in [0.25, 0.3) is 0 Å². The summed E-state index contributed by atoms with van der Waals surface area (Å²) in [4.78, 5) is 0. The lowest BCUT2D eigenvalue weighted by molar-refractivity contribution is -0.183. The second-order valence-corrected chi connectivity index (χ2v) is 4.55. The Morgan fingerprint density at radius 2 is 2.06 bits per heavy atom. The summed E-state index contributed by atoms with van der Waals surface area (Å²) in [5, 5.41) is 11.8. The molecule has 0 aromatic carbocycles. The fourth-order valence-electron chi connectivity index (χ4n) is 2.30. The van der Waals surface area contributed by atoms with Crippen LogP contribution in [0.5, 0.6) is 0 Å². The van der Waals surface area contributed by atoms with E-state index >= 15 is 0 Å². The van der Waals surface area contributed by atoms with Gasteiger partial charge in [0.05, 0.1) is 12.5 Å². The van der Waals surface area contributed by atoms with Gasteiger partial charge < -0.3 is 9.84 Å². The van der Waals surface area contributed by atoms with Gasteiger partial charge in [0.15, 0.2) is 0 Å². The lowest BCUT2D eigenvalue weighted by Gasteiger charge is -2.30. The minimum Gasteiger partial charge on any atom is -0.394 e. The summed E-state index contributed by atoms with van der Waals surface area (Å²) in [5.74, 6) is -1.19. The van der Waals surface area contributed by atoms with Gasteiger partial charge in [-0.2, -0.15) is 13.2 Å². The van der Waals surface area contributed by atoms with Gasteiger partial charge in [0.1, 0.15) is 12.3 Å². The van der Waals surface area contributed by atoms with Gasteiger partial charge in [-0.3, -0.25) is 5.32 Å². The second-order valence-electron chi connectivity index (χ2n) is 4.55. The van der Waals surface area contributed by atoms with Crippen molar-refractivity contribution in [1.82, 2.24) is 5.32 Å². The van der Waals surface area contributed by atoms with E-state index in [4.69, 9.17) is 9.84 Å². The number of ether oxygens (including phenoxy) is 1. The molecule has 1 heterocycles. The monoisotopic (exact) mass is 239 g/mol. The molecule has 0 amide bonds. The van der Waals surface area contributed by atoms with Crippen LogP contribution in [0.4, 0.5) is 13.2 Å². The summed E-state index contributed by atoms with van der Waals surface area (Å²) in [5.41, 5.74) is 0. The van der Waals surface area contributed by atoms with Crippen molar-refractivity contribution < 1.29 is 23.0 Å². The number of epoxide rings is 1. The first-order valence-corrected chi connectivity index (χ1v) is 5.60. The number of aliphatic hydroxyl groups is 1. The fourth-order valence-corrected chi connectivity index (χ4v) is 2.30. The standard InChI is InChI=1S/C10H16F3NO2/c11-10(12,13)6-2-1-3-7(4-6)14-9-8(5-15)16-9/h6-9,14-15H,1-5H2. The molecule has 1 aliphatic heterocycles. The molecule has 2 rings (SSSR count). The highest BCUT2D eigenvalue weighted by atomic mass is 19.4. The molecule has 2 aliphatic rings. The number of nitrogens with one attached hydrogen (secondary N) is 1. The molecule has 1 saturated carbocycles. The zero-order chi connectivity index (χ0) is 11.8. The van der Waals surface area contributed by atoms with Crippen LogP contribution in [0.1, 0.15) is 25.7 Å². The number of hydrogen-bond donors (Lipinski definition) is 2. The Balaban J connectivity index is 1.79. The first-order chi connectivity index (χ1) is 7.50. The predicted molar refractivity (Wildman–Crippen MR) is 50.7 cm³/mol. The smallest absolute Gasteiger partial charge is 0.391 e. The summed E-state index contributed by atoms with van der Waals surface area (Å²) in [6.07, 6.45) is -2.85. The minimum atomic E-state index is -4.08. The second kappa shape index (κ2) is 4.50. The Hall–Kier alpha value is -0.330. The van der Waals surface area contributed by atoms with Crippen LogP contribution in [0.3, 0.4) is 0 Å². The van der Waals surface area contributed by atoms with Gasteiger partial charge in [-0.15, -0.1) is 0 Å². The molecular formula is C10H16F3NO2. The Labute approximate surface area is 92.0 Å². The third-order valence-corrected chi connectivity index (χ3v) is 3.30. The molecule has 6 heteroatoms. The molecule has 0 spiro atoms. The van der Waals surface area contributed by atoms with Crippen LogP contribution in [-0.2, 0) is 4.74 Å². The molecule has 1 aliphatic carbocycles. The van der Waals surface area contributed by atoms with Crippen LogP contribution in [0.2, 0.25) is 0 Å². The van der Waals surface area contributed by atoms with Crippen molar-refractivity contribution in [2.45, 2.75) is 50.2 Å². The van der Waals surface area contributed by atoms with Gasteiger partial charge >= 0.3 is 6.18 Å². The zero-order valence-electron chi connectivity index (χ0n) is 8.83. The molecule has 0 bridgehead atoms. The van der Waals surface area contributed by atoms with Crippen LogP contribution in [0.15, 0.2) is 0 Å². The van der Waals surface area contributed by atoms with Crippen LogP contribution < -0.4 is 5.32 Å². The molecule has 0 radical (unpaired) electrons. The minimum absolute atomic E-state index is 0.0763. The molecule has 0 aromatic heterocycles. The van der Waals surface area contributed by atoms with Crippen molar-refractivity contribution in [2.75, 3.05) is 6.61 Å². The maximum Gasteiger partial charge on any atom is 0.391 e. The Morgan fingerprint density at radius 1 is 1.31 bits per heavy atom. The van der Waals surface area contributed by atoms with E-state index in [1.807, 2.05) is 0 Å². The quantitative estimate of drug-likeness (QED) is 0.732. The third kappa shape index (κ3) is 2.87. The summed E-state index contributed by atoms with van der Waals surface area (Å²) < 4.78 is 42.6. The molecule has 3 nitrogen and oxygen atoms in total. The maximum atomic E-state index is 12.5. The van der Waals surface area contributed by atoms with Crippen LogP contribution in [0, 0.1) is 5.92 Å². The first-order valence-electron chi connectivity index (χ1n) is 5.60. The average Bonchev–Trinajstić information content (AvgIpc) is 2.95. The highest BCUT2D eigenvalue weighted by Crippen LogP contribution is 2.38. The lowest BCUT2D eigenvalue weighted by Crippen LogP contribution is -2.40. The number of alkyl halides is 3. The largest absolute Gasteiger partial charge is 0.394 e. The molecule has 94 valence electrons. The van der Waals surface area contributed by atoms with E-state index in [0.717, 1.165) is 6.42 Å². The number of hydrogen-bond acceptors (Lipinski definition) is 3. The van der Waals surface area contributed by atoms with Crippen LogP contribution in [0.25, 0.3) is 0 Å². The van der Waals surface area contributed by atoms with Crippen molar-refractivity contribution >= 4 is 0 Å². The van der Waals surface area contributed by atoms with Crippen molar-refractivity contribution in [3.8, 4) is 0 Å². The van der Waals surface area contributed by atoms with E-state index in [0.29, 0.717) is 6.42 Å². The highest BCUT2D eigenvalue weighted by molar-refractivity contribution is 4.88. The summed E-state index contributed by atoms with van der Waals surface area (Å²) in [6, 6.07) is -0.137. The zero-order valence-corrected chi connectivity index (χ0v) is 8.83. The summed E-state index contributed by atoms with van der Waals surface area (Å²) in [6.45, 7) is -0.0763. The summed E-state index contributed by atoms with van der Waals surface area (Å²) in [7, 11) is 0. The normalized spacial score (nSPS) is 39.8. The Morgan fingerprint density at radius 3 is 2.62 bits per heavy atom. The molecule has 4 atom stereocenters. The van der Waals surface area contributed by atoms with Crippen LogP contribution in [-0.4, -0.2) is 36.3 Å². The molecule has 4 unspecified atom stereocenters. The van der Waals surface area contributed by atoms with Gasteiger partial charge in [-0.1, -0.05) is 6.42 Å². The molecule has 2 N–H and O–H groups in total. The average molecular weight is 239 g/mol. The lowest BCUT2D eigenvalue weighted by atomic mass is 9.85. The maximum absolute atomic E-state index is 12.5. The predicted octanol–water partition coefficient (Wildman–Crippen LogP) is 1.41.